The molecular formula is C23H23NO4. The minimum absolute atomic E-state index is 0.187. The molecule has 1 N–H and O–H groups in total. The molecule has 1 fully saturated rings. The lowest BCUT2D eigenvalue weighted by molar-refractivity contribution is -0.147. The SMILES string of the molecule is CCCCOC(=O)C1(c2onc(-c3ccc(O)cc3)c2-c2ccccc2)CC1. The topological polar surface area (TPSA) is 72.6 Å². The summed E-state index contributed by atoms with van der Waals surface area (Å²) >= 11 is 0. The average Bonchev–Trinajstić information content (AvgIpc) is 3.41. The number of carbonyl (C=O) groups is 1. The number of unbranched alkanes of at least 4 members (excludes halogenated alkanes) is 1. The first kappa shape index (κ1) is 18.3. The quantitative estimate of drug-likeness (QED) is 0.459. The summed E-state index contributed by atoms with van der Waals surface area (Å²) in [6.07, 6.45) is 3.22. The van der Waals surface area contributed by atoms with Gasteiger partial charge >= 0.3 is 5.97 Å². The molecule has 4 rings (SSSR count). The molecule has 0 aliphatic heterocycles. The molecule has 0 unspecified atom stereocenters. The predicted octanol–water partition coefficient (Wildman–Crippen LogP) is 5.09. The van der Waals surface area contributed by atoms with Gasteiger partial charge in [-0.25, -0.2) is 0 Å². The lowest BCUT2D eigenvalue weighted by Gasteiger charge is -2.14. The van der Waals surface area contributed by atoms with E-state index in [9.17, 15) is 9.90 Å². The summed E-state index contributed by atoms with van der Waals surface area (Å²) in [6.45, 7) is 2.49. The van der Waals surface area contributed by atoms with Gasteiger partial charge in [0.1, 0.15) is 16.9 Å². The fourth-order valence-corrected chi connectivity index (χ4v) is 3.40. The van der Waals surface area contributed by atoms with E-state index in [0.717, 1.165) is 29.5 Å². The second-order valence-electron chi connectivity index (χ2n) is 7.22. The maximum Gasteiger partial charge on any atom is 0.319 e. The van der Waals surface area contributed by atoms with Crippen molar-refractivity contribution in [1.29, 1.82) is 0 Å². The van der Waals surface area contributed by atoms with E-state index in [-0.39, 0.29) is 11.7 Å². The number of ether oxygens (including phenoxy) is 1. The number of hydrogen-bond donors (Lipinski definition) is 1. The molecule has 2 aromatic carbocycles. The molecule has 5 heteroatoms. The molecule has 1 aliphatic carbocycles. The van der Waals surface area contributed by atoms with Gasteiger partial charge in [0, 0.05) is 5.56 Å². The third-order valence-electron chi connectivity index (χ3n) is 5.20. The highest BCUT2D eigenvalue weighted by atomic mass is 16.5. The molecule has 0 spiro atoms. The van der Waals surface area contributed by atoms with Crippen LogP contribution in [0.1, 0.15) is 38.4 Å². The molecule has 3 aromatic rings. The van der Waals surface area contributed by atoms with Gasteiger partial charge in [0.05, 0.1) is 12.2 Å². The zero-order valence-electron chi connectivity index (χ0n) is 15.9. The Kier molecular flexibility index (Phi) is 4.90. The normalized spacial score (nSPS) is 14.6. The number of phenols is 1. The molecule has 28 heavy (non-hydrogen) atoms. The van der Waals surface area contributed by atoms with Crippen LogP contribution in [0.3, 0.4) is 0 Å². The number of aromatic nitrogens is 1. The molecule has 5 nitrogen and oxygen atoms in total. The maximum absolute atomic E-state index is 12.8. The van der Waals surface area contributed by atoms with Crippen molar-refractivity contribution >= 4 is 5.97 Å². The van der Waals surface area contributed by atoms with Gasteiger partial charge in [-0.1, -0.05) is 48.8 Å². The Hall–Kier alpha value is -3.08. The van der Waals surface area contributed by atoms with E-state index < -0.39 is 5.41 Å². The van der Waals surface area contributed by atoms with Crippen LogP contribution in [0, 0.1) is 0 Å². The minimum atomic E-state index is -0.749. The first-order chi connectivity index (χ1) is 13.7. The summed E-state index contributed by atoms with van der Waals surface area (Å²) in [7, 11) is 0. The predicted molar refractivity (Wildman–Crippen MR) is 106 cm³/mol. The first-order valence-corrected chi connectivity index (χ1v) is 9.68. The second kappa shape index (κ2) is 7.50. The summed E-state index contributed by atoms with van der Waals surface area (Å²) in [5, 5.41) is 13.9. The Balaban J connectivity index is 1.78. The van der Waals surface area contributed by atoms with E-state index >= 15 is 0 Å². The van der Waals surface area contributed by atoms with Crippen LogP contribution in [-0.2, 0) is 14.9 Å². The lowest BCUT2D eigenvalue weighted by Crippen LogP contribution is -2.24. The Labute approximate surface area is 163 Å². The fraction of sp³-hybridized carbons (Fsp3) is 0.304. The van der Waals surface area contributed by atoms with Crippen LogP contribution in [0.15, 0.2) is 59.1 Å². The zero-order valence-corrected chi connectivity index (χ0v) is 15.9. The van der Waals surface area contributed by atoms with E-state index in [2.05, 4.69) is 12.1 Å². The van der Waals surface area contributed by atoms with Gasteiger partial charge in [-0.05, 0) is 49.1 Å². The van der Waals surface area contributed by atoms with Crippen molar-refractivity contribution in [2.75, 3.05) is 6.61 Å². The number of benzene rings is 2. The minimum Gasteiger partial charge on any atom is -0.508 e. The Morgan fingerprint density at radius 1 is 1.11 bits per heavy atom. The molecule has 1 aliphatic rings. The molecule has 1 saturated carbocycles. The number of nitrogens with zero attached hydrogens (tertiary/aromatic N) is 1. The third-order valence-corrected chi connectivity index (χ3v) is 5.20. The summed E-state index contributed by atoms with van der Waals surface area (Å²) < 4.78 is 11.3. The number of esters is 1. The van der Waals surface area contributed by atoms with Crippen molar-refractivity contribution in [3.05, 3.63) is 60.4 Å². The second-order valence-corrected chi connectivity index (χ2v) is 7.22. The van der Waals surface area contributed by atoms with Crippen molar-refractivity contribution in [3.8, 4) is 28.1 Å². The highest BCUT2D eigenvalue weighted by Gasteiger charge is 2.57. The summed E-state index contributed by atoms with van der Waals surface area (Å²) in [5.74, 6) is 0.529. The summed E-state index contributed by atoms with van der Waals surface area (Å²) in [4.78, 5) is 12.8. The molecule has 0 atom stereocenters. The molecule has 0 saturated heterocycles. The van der Waals surface area contributed by atoms with Gasteiger partial charge in [-0.15, -0.1) is 0 Å². The third kappa shape index (κ3) is 3.28. The van der Waals surface area contributed by atoms with Gasteiger partial charge in [0.25, 0.3) is 0 Å². The van der Waals surface area contributed by atoms with Crippen molar-refractivity contribution in [2.24, 2.45) is 0 Å². The molecule has 0 amide bonds. The van der Waals surface area contributed by atoms with Crippen LogP contribution >= 0.6 is 0 Å². The van der Waals surface area contributed by atoms with Crippen LogP contribution in [0.4, 0.5) is 0 Å². The molecule has 0 radical (unpaired) electrons. The van der Waals surface area contributed by atoms with E-state index in [1.54, 1.807) is 24.3 Å². The van der Waals surface area contributed by atoms with Crippen molar-refractivity contribution < 1.29 is 19.2 Å². The van der Waals surface area contributed by atoms with E-state index in [1.165, 1.54) is 0 Å². The van der Waals surface area contributed by atoms with E-state index in [0.29, 0.717) is 30.9 Å². The molecule has 1 heterocycles. The van der Waals surface area contributed by atoms with Crippen LogP contribution in [-0.4, -0.2) is 22.8 Å². The van der Waals surface area contributed by atoms with Gasteiger partial charge in [-0.3, -0.25) is 4.79 Å². The number of phenolic OH excluding ortho intramolecular Hbond substituents is 1. The maximum atomic E-state index is 12.8. The largest absolute Gasteiger partial charge is 0.508 e. The first-order valence-electron chi connectivity index (χ1n) is 9.68. The summed E-state index contributed by atoms with van der Waals surface area (Å²) in [6, 6.07) is 16.6. The Bertz CT molecular complexity index is 956. The monoisotopic (exact) mass is 377 g/mol. The highest BCUT2D eigenvalue weighted by Crippen LogP contribution is 2.54. The van der Waals surface area contributed by atoms with Crippen molar-refractivity contribution in [3.63, 3.8) is 0 Å². The number of aromatic hydroxyl groups is 1. The van der Waals surface area contributed by atoms with Gasteiger partial charge in [0.2, 0.25) is 0 Å². The number of rotatable bonds is 7. The zero-order chi connectivity index (χ0) is 19.6. The van der Waals surface area contributed by atoms with Crippen LogP contribution in [0.25, 0.3) is 22.4 Å². The molecule has 1 aromatic heterocycles. The van der Waals surface area contributed by atoms with Crippen LogP contribution in [0.5, 0.6) is 5.75 Å². The average molecular weight is 377 g/mol. The Morgan fingerprint density at radius 3 is 2.46 bits per heavy atom. The standard InChI is InChI=1S/C23H23NO4/c1-2-3-15-27-22(26)23(13-14-23)21-19(16-7-5-4-6-8-16)20(24-28-21)17-9-11-18(25)12-10-17/h4-12,25H,2-3,13-15H2,1H3. The highest BCUT2D eigenvalue weighted by molar-refractivity contribution is 5.92. The fourth-order valence-electron chi connectivity index (χ4n) is 3.40. The van der Waals surface area contributed by atoms with Crippen molar-refractivity contribution in [2.45, 2.75) is 38.0 Å². The molecule has 144 valence electrons. The van der Waals surface area contributed by atoms with Crippen LogP contribution < -0.4 is 0 Å². The van der Waals surface area contributed by atoms with Crippen LogP contribution in [0.2, 0.25) is 0 Å². The lowest BCUT2D eigenvalue weighted by atomic mass is 9.92. The Morgan fingerprint density at radius 2 is 1.82 bits per heavy atom. The summed E-state index contributed by atoms with van der Waals surface area (Å²) in [5.41, 5.74) is 2.49. The molecular weight excluding hydrogens is 354 g/mol. The van der Waals surface area contributed by atoms with E-state index in [1.807, 2.05) is 30.3 Å². The van der Waals surface area contributed by atoms with Gasteiger partial charge < -0.3 is 14.4 Å². The van der Waals surface area contributed by atoms with E-state index in [4.69, 9.17) is 9.26 Å². The van der Waals surface area contributed by atoms with Gasteiger partial charge in [0.15, 0.2) is 5.76 Å². The number of hydrogen-bond acceptors (Lipinski definition) is 5. The molecule has 0 bridgehead atoms. The van der Waals surface area contributed by atoms with Crippen molar-refractivity contribution in [1.82, 2.24) is 5.16 Å². The number of carbonyl (C=O) groups excluding carboxylic acids is 1. The smallest absolute Gasteiger partial charge is 0.319 e. The van der Waals surface area contributed by atoms with Gasteiger partial charge in [-0.2, -0.15) is 0 Å².